The van der Waals surface area contributed by atoms with Crippen LogP contribution in [0.4, 0.5) is 0 Å². The van der Waals surface area contributed by atoms with Crippen LogP contribution in [0.25, 0.3) is 0 Å². The molecule has 0 aromatic rings. The van der Waals surface area contributed by atoms with Crippen LogP contribution in [-0.2, 0) is 10.8 Å². The van der Waals surface area contributed by atoms with Crippen molar-refractivity contribution in [3.05, 3.63) is 0 Å². The Hall–Kier alpha value is 0.110. The third kappa shape index (κ3) is 1.52. The molecule has 0 aromatic heterocycles. The zero-order valence-electron chi connectivity index (χ0n) is 6.26. The molecule has 0 N–H and O–H groups in total. The smallest absolute Gasteiger partial charge is 0.112 e. The van der Waals surface area contributed by atoms with Gasteiger partial charge in [-0.05, 0) is 0 Å². The lowest BCUT2D eigenvalue weighted by atomic mass is 10.3. The Labute approximate surface area is 58.9 Å². The molecule has 2 nitrogen and oxygen atoms in total. The van der Waals surface area contributed by atoms with E-state index >= 15 is 0 Å². The predicted molar refractivity (Wildman–Crippen MR) is 39.7 cm³/mol. The van der Waals surface area contributed by atoms with Crippen LogP contribution >= 0.6 is 0 Å². The molecule has 54 valence electrons. The summed E-state index contributed by atoms with van der Waals surface area (Å²) in [7, 11) is 5.98. The minimum absolute atomic E-state index is 0.484. The SMILES string of the molecule is C[N+](C)(C)C1CS(=O)C1. The van der Waals surface area contributed by atoms with E-state index < -0.39 is 10.8 Å². The van der Waals surface area contributed by atoms with Crippen molar-refractivity contribution < 1.29 is 8.69 Å². The molecule has 0 bridgehead atoms. The molecule has 0 radical (unpaired) electrons. The highest BCUT2D eigenvalue weighted by atomic mass is 32.2. The van der Waals surface area contributed by atoms with Gasteiger partial charge in [0.25, 0.3) is 0 Å². The van der Waals surface area contributed by atoms with Crippen LogP contribution in [0.3, 0.4) is 0 Å². The second-order valence-corrected chi connectivity index (χ2v) is 5.09. The van der Waals surface area contributed by atoms with E-state index in [9.17, 15) is 4.21 Å². The van der Waals surface area contributed by atoms with Crippen molar-refractivity contribution in [3.63, 3.8) is 0 Å². The van der Waals surface area contributed by atoms with Gasteiger partial charge in [-0.25, -0.2) is 0 Å². The highest BCUT2D eigenvalue weighted by Crippen LogP contribution is 2.15. The summed E-state index contributed by atoms with van der Waals surface area (Å²) < 4.78 is 11.6. The van der Waals surface area contributed by atoms with Crippen LogP contribution in [0.1, 0.15) is 0 Å². The first kappa shape index (κ1) is 7.22. The molecular formula is C6H14NOS+. The fourth-order valence-corrected chi connectivity index (χ4v) is 2.48. The Morgan fingerprint density at radius 1 is 1.33 bits per heavy atom. The average Bonchev–Trinajstić information content (AvgIpc) is 1.55. The molecule has 3 heteroatoms. The maximum atomic E-state index is 10.7. The van der Waals surface area contributed by atoms with Crippen molar-refractivity contribution in [2.45, 2.75) is 6.04 Å². The van der Waals surface area contributed by atoms with E-state index in [2.05, 4.69) is 21.1 Å². The van der Waals surface area contributed by atoms with E-state index in [0.29, 0.717) is 6.04 Å². The van der Waals surface area contributed by atoms with Crippen LogP contribution in [0.2, 0.25) is 0 Å². The lowest BCUT2D eigenvalue weighted by Gasteiger charge is -2.38. The summed E-state index contributed by atoms with van der Waals surface area (Å²) in [5, 5.41) is 0. The Balaban J connectivity index is 2.40. The quantitative estimate of drug-likeness (QED) is 0.472. The van der Waals surface area contributed by atoms with Crippen LogP contribution in [0, 0.1) is 0 Å². The zero-order valence-corrected chi connectivity index (χ0v) is 7.07. The average molecular weight is 148 g/mol. The molecule has 0 amide bonds. The summed E-state index contributed by atoms with van der Waals surface area (Å²) >= 11 is 0. The first-order valence-electron chi connectivity index (χ1n) is 3.16. The second kappa shape index (κ2) is 2.06. The highest BCUT2D eigenvalue weighted by molar-refractivity contribution is 7.86. The van der Waals surface area contributed by atoms with Crippen molar-refractivity contribution in [2.24, 2.45) is 0 Å². The van der Waals surface area contributed by atoms with Gasteiger partial charge in [0.1, 0.15) is 6.04 Å². The first-order valence-corrected chi connectivity index (χ1v) is 4.65. The van der Waals surface area contributed by atoms with Crippen LogP contribution in [0.5, 0.6) is 0 Å². The summed E-state index contributed by atoms with van der Waals surface area (Å²) in [6.07, 6.45) is 0. The lowest BCUT2D eigenvalue weighted by Crippen LogP contribution is -2.57. The van der Waals surface area contributed by atoms with Gasteiger partial charge in [-0.3, -0.25) is 4.21 Å². The molecule has 0 spiro atoms. The Bertz CT molecular complexity index is 130. The van der Waals surface area contributed by atoms with Crippen molar-refractivity contribution in [1.82, 2.24) is 0 Å². The van der Waals surface area contributed by atoms with Gasteiger partial charge in [0.05, 0.1) is 32.6 Å². The predicted octanol–water partition coefficient (Wildman–Crippen LogP) is -0.176. The summed E-state index contributed by atoms with van der Waals surface area (Å²) in [6, 6.07) is 0.644. The molecule has 1 saturated heterocycles. The normalized spacial score (nSPS) is 35.9. The third-order valence-electron chi connectivity index (χ3n) is 1.85. The summed E-state index contributed by atoms with van der Waals surface area (Å²) in [5.74, 6) is 1.81. The number of hydrogen-bond acceptors (Lipinski definition) is 1. The van der Waals surface area contributed by atoms with E-state index in [-0.39, 0.29) is 0 Å². The van der Waals surface area contributed by atoms with Gasteiger partial charge in [-0.1, -0.05) is 0 Å². The van der Waals surface area contributed by atoms with E-state index in [1.54, 1.807) is 0 Å². The number of hydrogen-bond donors (Lipinski definition) is 0. The van der Waals surface area contributed by atoms with Crippen LogP contribution < -0.4 is 0 Å². The van der Waals surface area contributed by atoms with Crippen molar-refractivity contribution >= 4 is 10.8 Å². The van der Waals surface area contributed by atoms with E-state index in [1.165, 1.54) is 0 Å². The standard InChI is InChI=1S/C6H14NOS/c1-7(2,3)6-4-9(8)5-6/h6H,4-5H2,1-3H3/q+1. The number of quaternary nitrogens is 1. The summed E-state index contributed by atoms with van der Waals surface area (Å²) in [4.78, 5) is 0. The molecule has 0 unspecified atom stereocenters. The van der Waals surface area contributed by atoms with Gasteiger partial charge < -0.3 is 4.48 Å². The zero-order chi connectivity index (χ0) is 7.07. The summed E-state index contributed by atoms with van der Waals surface area (Å²) in [6.45, 7) is 0. The van der Waals surface area contributed by atoms with Gasteiger partial charge in [-0.2, -0.15) is 0 Å². The molecule has 0 aromatic carbocycles. The molecule has 1 heterocycles. The molecule has 0 atom stereocenters. The monoisotopic (exact) mass is 148 g/mol. The van der Waals surface area contributed by atoms with Gasteiger partial charge in [0.15, 0.2) is 0 Å². The number of nitrogens with zero attached hydrogens (tertiary/aromatic N) is 1. The number of rotatable bonds is 1. The molecule has 1 fully saturated rings. The maximum absolute atomic E-state index is 10.7. The highest BCUT2D eigenvalue weighted by Gasteiger charge is 2.35. The molecule has 1 aliphatic rings. The van der Waals surface area contributed by atoms with E-state index in [0.717, 1.165) is 16.0 Å². The van der Waals surface area contributed by atoms with Crippen LogP contribution in [0.15, 0.2) is 0 Å². The van der Waals surface area contributed by atoms with Gasteiger partial charge in [0, 0.05) is 10.8 Å². The Morgan fingerprint density at radius 2 is 1.78 bits per heavy atom. The van der Waals surface area contributed by atoms with Crippen molar-refractivity contribution in [2.75, 3.05) is 32.6 Å². The molecule has 0 saturated carbocycles. The minimum atomic E-state index is -0.484. The molecule has 0 aliphatic carbocycles. The van der Waals surface area contributed by atoms with E-state index in [4.69, 9.17) is 0 Å². The second-order valence-electron chi connectivity index (χ2n) is 3.54. The molecule has 1 rings (SSSR count). The van der Waals surface area contributed by atoms with Gasteiger partial charge in [0.2, 0.25) is 0 Å². The Kier molecular flexibility index (Phi) is 1.65. The fraction of sp³-hybridized carbons (Fsp3) is 1.00. The van der Waals surface area contributed by atoms with Crippen molar-refractivity contribution in [3.8, 4) is 0 Å². The lowest BCUT2D eigenvalue weighted by molar-refractivity contribution is -0.891. The largest absolute Gasteiger partial charge is 0.327 e. The topological polar surface area (TPSA) is 17.1 Å². The fourth-order valence-electron chi connectivity index (χ4n) is 0.828. The molecule has 1 aliphatic heterocycles. The third-order valence-corrected chi connectivity index (χ3v) is 3.37. The van der Waals surface area contributed by atoms with E-state index in [1.807, 2.05) is 0 Å². The van der Waals surface area contributed by atoms with Crippen LogP contribution in [-0.4, -0.2) is 47.4 Å². The first-order chi connectivity index (χ1) is 4.00. The van der Waals surface area contributed by atoms with Crippen molar-refractivity contribution in [1.29, 1.82) is 0 Å². The maximum Gasteiger partial charge on any atom is 0.112 e. The van der Waals surface area contributed by atoms with Gasteiger partial charge in [-0.15, -0.1) is 0 Å². The minimum Gasteiger partial charge on any atom is -0.327 e. The molecular weight excluding hydrogens is 134 g/mol. The molecule has 9 heavy (non-hydrogen) atoms. The van der Waals surface area contributed by atoms with Gasteiger partial charge >= 0.3 is 0 Å². The summed E-state index contributed by atoms with van der Waals surface area (Å²) in [5.41, 5.74) is 0. The Morgan fingerprint density at radius 3 is 1.89 bits per heavy atom.